The van der Waals surface area contributed by atoms with Crippen LogP contribution in [0.1, 0.15) is 33.3 Å². The first kappa shape index (κ1) is 24.8. The minimum Gasteiger partial charge on any atom is -0.493 e. The molecule has 2 aromatic carbocycles. The Bertz CT molecular complexity index is 928. The van der Waals surface area contributed by atoms with Crippen molar-refractivity contribution in [1.29, 1.82) is 0 Å². The minimum atomic E-state index is -0.734. The third-order valence-electron chi connectivity index (χ3n) is 4.42. The van der Waals surface area contributed by atoms with E-state index in [4.69, 9.17) is 32.7 Å². The van der Waals surface area contributed by atoms with Crippen LogP contribution in [-0.4, -0.2) is 42.0 Å². The second-order valence-corrected chi connectivity index (χ2v) is 8.94. The molecule has 31 heavy (non-hydrogen) atoms. The second-order valence-electron chi connectivity index (χ2n) is 8.12. The standard InChI is InChI=1S/C23H28Cl2N2O4/c1-15(22(29)26-23(2,3)4)27(13-16-10-11-17(24)18(25)12-16)21(28)14-31-20-9-7-6-8-19(20)30-5/h6-12,15H,13-14H2,1-5H3,(H,26,29). The van der Waals surface area contributed by atoms with Gasteiger partial charge in [-0.1, -0.05) is 41.4 Å². The van der Waals surface area contributed by atoms with E-state index in [0.717, 1.165) is 5.56 Å². The maximum atomic E-state index is 13.1. The highest BCUT2D eigenvalue weighted by atomic mass is 35.5. The highest BCUT2D eigenvalue weighted by Gasteiger charge is 2.29. The molecule has 1 atom stereocenters. The Morgan fingerprint density at radius 2 is 1.71 bits per heavy atom. The molecular weight excluding hydrogens is 439 g/mol. The van der Waals surface area contributed by atoms with E-state index >= 15 is 0 Å². The number of hydrogen-bond acceptors (Lipinski definition) is 4. The fourth-order valence-electron chi connectivity index (χ4n) is 2.85. The number of ether oxygens (including phenoxy) is 2. The highest BCUT2D eigenvalue weighted by molar-refractivity contribution is 6.42. The van der Waals surface area contributed by atoms with Crippen LogP contribution in [0, 0.1) is 0 Å². The van der Waals surface area contributed by atoms with Crippen molar-refractivity contribution in [3.63, 3.8) is 0 Å². The largest absolute Gasteiger partial charge is 0.493 e. The van der Waals surface area contributed by atoms with Crippen molar-refractivity contribution in [2.75, 3.05) is 13.7 Å². The topological polar surface area (TPSA) is 67.9 Å². The Kier molecular flexibility index (Phi) is 8.60. The molecule has 2 aromatic rings. The summed E-state index contributed by atoms with van der Waals surface area (Å²) in [6.45, 7) is 7.24. The Balaban J connectivity index is 2.23. The number of carbonyl (C=O) groups is 2. The third-order valence-corrected chi connectivity index (χ3v) is 5.16. The summed E-state index contributed by atoms with van der Waals surface area (Å²) in [4.78, 5) is 27.3. The Hall–Kier alpha value is -2.44. The molecule has 2 rings (SSSR count). The number of para-hydroxylation sites is 2. The number of amides is 2. The Morgan fingerprint density at radius 3 is 2.29 bits per heavy atom. The molecule has 8 heteroatoms. The predicted molar refractivity (Wildman–Crippen MR) is 123 cm³/mol. The lowest BCUT2D eigenvalue weighted by Gasteiger charge is -2.31. The molecule has 0 spiro atoms. The summed E-state index contributed by atoms with van der Waals surface area (Å²) >= 11 is 12.1. The normalized spacial score (nSPS) is 12.1. The van der Waals surface area contributed by atoms with E-state index in [-0.39, 0.29) is 25.0 Å². The summed E-state index contributed by atoms with van der Waals surface area (Å²) in [5.41, 5.74) is 0.313. The number of halogens is 2. The molecule has 0 fully saturated rings. The van der Waals surface area contributed by atoms with E-state index in [0.29, 0.717) is 21.5 Å². The Morgan fingerprint density at radius 1 is 1.06 bits per heavy atom. The predicted octanol–water partition coefficient (Wildman–Crippen LogP) is 4.71. The number of hydrogen-bond donors (Lipinski definition) is 1. The molecule has 0 bridgehead atoms. The number of nitrogens with one attached hydrogen (secondary N) is 1. The molecule has 6 nitrogen and oxygen atoms in total. The SMILES string of the molecule is COc1ccccc1OCC(=O)N(Cc1ccc(Cl)c(Cl)c1)C(C)C(=O)NC(C)(C)C. The molecule has 0 aromatic heterocycles. The fraction of sp³-hybridized carbons (Fsp3) is 0.391. The van der Waals surface area contributed by atoms with E-state index in [1.807, 2.05) is 26.8 Å². The highest BCUT2D eigenvalue weighted by Crippen LogP contribution is 2.26. The van der Waals surface area contributed by atoms with Gasteiger partial charge < -0.3 is 19.7 Å². The third kappa shape index (κ3) is 7.33. The van der Waals surface area contributed by atoms with E-state index in [1.54, 1.807) is 43.3 Å². The lowest BCUT2D eigenvalue weighted by atomic mass is 10.1. The van der Waals surface area contributed by atoms with Gasteiger partial charge in [-0.05, 0) is 57.5 Å². The van der Waals surface area contributed by atoms with Crippen LogP contribution in [0.4, 0.5) is 0 Å². The summed E-state index contributed by atoms with van der Waals surface area (Å²) in [6.07, 6.45) is 0. The zero-order chi connectivity index (χ0) is 23.2. The van der Waals surface area contributed by atoms with Gasteiger partial charge in [0.25, 0.3) is 5.91 Å². The molecule has 0 aliphatic carbocycles. The average molecular weight is 467 g/mol. The van der Waals surface area contributed by atoms with Gasteiger partial charge in [-0.3, -0.25) is 9.59 Å². The van der Waals surface area contributed by atoms with Gasteiger partial charge in [-0.25, -0.2) is 0 Å². The first-order valence-electron chi connectivity index (χ1n) is 9.83. The van der Waals surface area contributed by atoms with Crippen LogP contribution in [0.2, 0.25) is 10.0 Å². The van der Waals surface area contributed by atoms with Crippen molar-refractivity contribution in [2.45, 2.75) is 45.8 Å². The number of benzene rings is 2. The summed E-state index contributed by atoms with van der Waals surface area (Å²) in [5, 5.41) is 3.71. The van der Waals surface area contributed by atoms with Gasteiger partial charge in [0.05, 0.1) is 17.2 Å². The molecule has 0 saturated carbocycles. The first-order chi connectivity index (χ1) is 14.5. The van der Waals surface area contributed by atoms with Crippen molar-refractivity contribution >= 4 is 35.0 Å². The number of rotatable bonds is 8. The minimum absolute atomic E-state index is 0.170. The van der Waals surface area contributed by atoms with Gasteiger partial charge in [0.1, 0.15) is 6.04 Å². The van der Waals surface area contributed by atoms with Crippen molar-refractivity contribution in [3.05, 3.63) is 58.1 Å². The van der Waals surface area contributed by atoms with Crippen molar-refractivity contribution in [2.24, 2.45) is 0 Å². The van der Waals surface area contributed by atoms with Crippen LogP contribution in [0.3, 0.4) is 0 Å². The van der Waals surface area contributed by atoms with Crippen LogP contribution in [0.25, 0.3) is 0 Å². The van der Waals surface area contributed by atoms with E-state index in [2.05, 4.69) is 5.32 Å². The van der Waals surface area contributed by atoms with Gasteiger partial charge in [0.15, 0.2) is 18.1 Å². The molecule has 0 aliphatic heterocycles. The number of methoxy groups -OCH3 is 1. The molecule has 1 N–H and O–H groups in total. The van der Waals surface area contributed by atoms with Gasteiger partial charge in [0.2, 0.25) is 5.91 Å². The molecule has 1 unspecified atom stereocenters. The molecule has 2 amide bonds. The van der Waals surface area contributed by atoms with Crippen LogP contribution in [-0.2, 0) is 16.1 Å². The van der Waals surface area contributed by atoms with Crippen LogP contribution in [0.5, 0.6) is 11.5 Å². The molecule has 0 aliphatic rings. The molecule has 0 saturated heterocycles. The lowest BCUT2D eigenvalue weighted by Crippen LogP contribution is -2.53. The molecular formula is C23H28Cl2N2O4. The van der Waals surface area contributed by atoms with Gasteiger partial charge in [-0.2, -0.15) is 0 Å². The summed E-state index contributed by atoms with van der Waals surface area (Å²) in [6, 6.07) is 11.4. The summed E-state index contributed by atoms with van der Waals surface area (Å²) in [5.74, 6) is 0.344. The monoisotopic (exact) mass is 466 g/mol. The zero-order valence-electron chi connectivity index (χ0n) is 18.4. The van der Waals surface area contributed by atoms with Crippen LogP contribution < -0.4 is 14.8 Å². The van der Waals surface area contributed by atoms with Crippen LogP contribution in [0.15, 0.2) is 42.5 Å². The molecule has 0 radical (unpaired) electrons. The smallest absolute Gasteiger partial charge is 0.261 e. The van der Waals surface area contributed by atoms with Crippen molar-refractivity contribution < 1.29 is 19.1 Å². The average Bonchev–Trinajstić information content (AvgIpc) is 2.71. The van der Waals surface area contributed by atoms with Gasteiger partial charge >= 0.3 is 0 Å². The second kappa shape index (κ2) is 10.7. The van der Waals surface area contributed by atoms with Crippen molar-refractivity contribution in [1.82, 2.24) is 10.2 Å². The summed E-state index contributed by atoms with van der Waals surface area (Å²) in [7, 11) is 1.53. The Labute approximate surface area is 193 Å². The first-order valence-corrected chi connectivity index (χ1v) is 10.6. The van der Waals surface area contributed by atoms with Crippen LogP contribution >= 0.6 is 23.2 Å². The van der Waals surface area contributed by atoms with E-state index < -0.39 is 11.6 Å². The lowest BCUT2D eigenvalue weighted by molar-refractivity contribution is -0.142. The number of carbonyl (C=O) groups excluding carboxylic acids is 2. The van der Waals surface area contributed by atoms with Gasteiger partial charge in [-0.15, -0.1) is 0 Å². The number of nitrogens with zero attached hydrogens (tertiary/aromatic N) is 1. The maximum absolute atomic E-state index is 13.1. The molecule has 0 heterocycles. The maximum Gasteiger partial charge on any atom is 0.261 e. The quantitative estimate of drug-likeness (QED) is 0.611. The van der Waals surface area contributed by atoms with Gasteiger partial charge in [0, 0.05) is 12.1 Å². The fourth-order valence-corrected chi connectivity index (χ4v) is 3.17. The van der Waals surface area contributed by atoms with Crippen molar-refractivity contribution in [3.8, 4) is 11.5 Å². The van der Waals surface area contributed by atoms with E-state index in [9.17, 15) is 9.59 Å². The summed E-state index contributed by atoms with van der Waals surface area (Å²) < 4.78 is 10.9. The molecule has 168 valence electrons. The van der Waals surface area contributed by atoms with E-state index in [1.165, 1.54) is 12.0 Å². The zero-order valence-corrected chi connectivity index (χ0v) is 19.9.